The number of fused-ring (bicyclic) bond motifs is 1. The second kappa shape index (κ2) is 6.46. The van der Waals surface area contributed by atoms with E-state index >= 15 is 0 Å². The van der Waals surface area contributed by atoms with E-state index in [1.807, 2.05) is 0 Å². The molecule has 1 saturated heterocycles. The van der Waals surface area contributed by atoms with Crippen molar-refractivity contribution in [3.8, 4) is 5.75 Å². The summed E-state index contributed by atoms with van der Waals surface area (Å²) in [7, 11) is 0. The summed E-state index contributed by atoms with van der Waals surface area (Å²) in [5, 5.41) is 10.4. The summed E-state index contributed by atoms with van der Waals surface area (Å²) in [4.78, 5) is 9.70. The Morgan fingerprint density at radius 2 is 2.16 bits per heavy atom. The Bertz CT molecular complexity index is 719. The molecule has 0 spiro atoms. The molecule has 2 aliphatic rings. The van der Waals surface area contributed by atoms with Gasteiger partial charge in [0.25, 0.3) is 0 Å². The highest BCUT2D eigenvalue weighted by Gasteiger charge is 2.31. The molecule has 2 aliphatic heterocycles. The molecule has 2 aromatic rings. The molecule has 2 N–H and O–H groups in total. The zero-order valence-electron chi connectivity index (χ0n) is 15.0. The van der Waals surface area contributed by atoms with Crippen molar-refractivity contribution in [2.75, 3.05) is 13.1 Å². The normalized spacial score (nSPS) is 21.7. The molecule has 25 heavy (non-hydrogen) atoms. The fourth-order valence-electron chi connectivity index (χ4n) is 4.11. The third-order valence-corrected chi connectivity index (χ3v) is 5.41. The third-order valence-electron chi connectivity index (χ3n) is 5.41. The summed E-state index contributed by atoms with van der Waals surface area (Å²) in [6.45, 7) is 7.28. The molecule has 5 heteroatoms. The van der Waals surface area contributed by atoms with Gasteiger partial charge in [0.05, 0.1) is 0 Å². The molecule has 3 heterocycles. The number of nitrogens with zero attached hydrogens (tertiary/aromatic N) is 2. The fourth-order valence-corrected chi connectivity index (χ4v) is 4.11. The van der Waals surface area contributed by atoms with Gasteiger partial charge in [-0.3, -0.25) is 4.90 Å². The summed E-state index contributed by atoms with van der Waals surface area (Å²) < 4.78 is 5.96. The minimum Gasteiger partial charge on any atom is -0.487 e. The van der Waals surface area contributed by atoms with Crippen LogP contribution in [0.15, 0.2) is 30.6 Å². The van der Waals surface area contributed by atoms with Crippen LogP contribution in [0.5, 0.6) is 5.75 Å². The highest BCUT2D eigenvalue weighted by atomic mass is 16.5. The van der Waals surface area contributed by atoms with Gasteiger partial charge in [-0.15, -0.1) is 0 Å². The van der Waals surface area contributed by atoms with E-state index in [9.17, 15) is 5.11 Å². The number of rotatable bonds is 4. The zero-order chi connectivity index (χ0) is 17.4. The Kier molecular flexibility index (Phi) is 4.29. The molecule has 0 unspecified atom stereocenters. The van der Waals surface area contributed by atoms with E-state index in [1.165, 1.54) is 11.1 Å². The van der Waals surface area contributed by atoms with Crippen molar-refractivity contribution in [2.45, 2.75) is 51.4 Å². The number of aromatic nitrogens is 2. The molecule has 0 saturated carbocycles. The smallest absolute Gasteiger partial charge is 0.135 e. The lowest BCUT2D eigenvalue weighted by molar-refractivity contribution is 0.0515. The Hall–Kier alpha value is -1.85. The number of piperidine rings is 1. The molecule has 4 rings (SSSR count). The standard InChI is InChI=1S/C20H27N3O2/c1-20(2)12-16-11-14(3-4-17(16)25-20)13-23-9-5-15(6-10-23)18(24)19-21-7-8-22-19/h3-4,7-8,11,15,18,24H,5-6,9-10,12-13H2,1-2H3,(H,21,22)/t18-/m0/s1. The maximum atomic E-state index is 10.4. The molecule has 0 aliphatic carbocycles. The van der Waals surface area contributed by atoms with Gasteiger partial charge in [0, 0.05) is 25.4 Å². The number of imidazole rings is 1. The molecule has 1 fully saturated rings. The Morgan fingerprint density at radius 1 is 1.36 bits per heavy atom. The van der Waals surface area contributed by atoms with Gasteiger partial charge in [0.15, 0.2) is 0 Å². The van der Waals surface area contributed by atoms with Crippen LogP contribution < -0.4 is 4.74 Å². The second-order valence-corrected chi connectivity index (χ2v) is 8.01. The average Bonchev–Trinajstić information content (AvgIpc) is 3.21. The zero-order valence-corrected chi connectivity index (χ0v) is 15.0. The van der Waals surface area contributed by atoms with Gasteiger partial charge in [0.1, 0.15) is 23.3 Å². The number of hydrogen-bond acceptors (Lipinski definition) is 4. The van der Waals surface area contributed by atoms with Crippen LogP contribution in [0.3, 0.4) is 0 Å². The van der Waals surface area contributed by atoms with Crippen LogP contribution in [-0.2, 0) is 13.0 Å². The number of benzene rings is 1. The summed E-state index contributed by atoms with van der Waals surface area (Å²) in [6, 6.07) is 6.60. The Balaban J connectivity index is 1.34. The van der Waals surface area contributed by atoms with E-state index in [4.69, 9.17) is 4.74 Å². The van der Waals surface area contributed by atoms with E-state index in [-0.39, 0.29) is 11.5 Å². The Labute approximate surface area is 149 Å². The first-order valence-corrected chi connectivity index (χ1v) is 9.21. The lowest BCUT2D eigenvalue weighted by Crippen LogP contribution is -2.35. The number of nitrogens with one attached hydrogen (secondary N) is 1. The van der Waals surface area contributed by atoms with E-state index in [2.05, 4.69) is 46.9 Å². The molecule has 1 aromatic carbocycles. The molecule has 0 radical (unpaired) electrons. The maximum absolute atomic E-state index is 10.4. The first-order valence-electron chi connectivity index (χ1n) is 9.21. The van der Waals surface area contributed by atoms with Crippen LogP contribution in [-0.4, -0.2) is 38.7 Å². The van der Waals surface area contributed by atoms with Gasteiger partial charge >= 0.3 is 0 Å². The molecular formula is C20H27N3O2. The predicted molar refractivity (Wildman–Crippen MR) is 96.4 cm³/mol. The number of ether oxygens (including phenoxy) is 1. The van der Waals surface area contributed by atoms with Crippen LogP contribution >= 0.6 is 0 Å². The van der Waals surface area contributed by atoms with E-state index in [0.717, 1.165) is 44.6 Å². The lowest BCUT2D eigenvalue weighted by Gasteiger charge is -2.33. The second-order valence-electron chi connectivity index (χ2n) is 8.01. The monoisotopic (exact) mass is 341 g/mol. The first-order chi connectivity index (χ1) is 12.0. The number of aliphatic hydroxyl groups is 1. The van der Waals surface area contributed by atoms with Gasteiger partial charge < -0.3 is 14.8 Å². The largest absolute Gasteiger partial charge is 0.487 e. The van der Waals surface area contributed by atoms with Crippen molar-refractivity contribution >= 4 is 0 Å². The number of likely N-dealkylation sites (tertiary alicyclic amines) is 1. The van der Waals surface area contributed by atoms with E-state index < -0.39 is 6.10 Å². The number of hydrogen-bond donors (Lipinski definition) is 2. The summed E-state index contributed by atoms with van der Waals surface area (Å²) in [5.41, 5.74) is 2.59. The van der Waals surface area contributed by atoms with Crippen molar-refractivity contribution in [2.24, 2.45) is 5.92 Å². The van der Waals surface area contributed by atoms with E-state index in [0.29, 0.717) is 5.82 Å². The van der Waals surface area contributed by atoms with Gasteiger partial charge in [-0.2, -0.15) is 0 Å². The number of aliphatic hydroxyl groups excluding tert-OH is 1. The number of aromatic amines is 1. The van der Waals surface area contributed by atoms with Gasteiger partial charge in [-0.25, -0.2) is 4.98 Å². The van der Waals surface area contributed by atoms with Gasteiger partial charge in [-0.1, -0.05) is 12.1 Å². The van der Waals surface area contributed by atoms with Crippen LogP contribution in [0.25, 0.3) is 0 Å². The predicted octanol–water partition coefficient (Wildman–Crippen LogP) is 3.07. The van der Waals surface area contributed by atoms with Crippen molar-refractivity contribution in [1.82, 2.24) is 14.9 Å². The lowest BCUT2D eigenvalue weighted by atomic mass is 9.90. The van der Waals surface area contributed by atoms with Crippen LogP contribution in [0.1, 0.15) is 49.7 Å². The highest BCUT2D eigenvalue weighted by Crippen LogP contribution is 2.36. The molecule has 134 valence electrons. The minimum absolute atomic E-state index is 0.0821. The van der Waals surface area contributed by atoms with Crippen molar-refractivity contribution in [1.29, 1.82) is 0 Å². The summed E-state index contributed by atoms with van der Waals surface area (Å²) in [6.07, 6.45) is 5.98. The molecule has 5 nitrogen and oxygen atoms in total. The fraction of sp³-hybridized carbons (Fsp3) is 0.550. The first kappa shape index (κ1) is 16.6. The topological polar surface area (TPSA) is 61.4 Å². The quantitative estimate of drug-likeness (QED) is 0.897. The molecule has 0 bridgehead atoms. The van der Waals surface area contributed by atoms with Crippen molar-refractivity contribution in [3.63, 3.8) is 0 Å². The van der Waals surface area contributed by atoms with Crippen LogP contribution in [0.2, 0.25) is 0 Å². The Morgan fingerprint density at radius 3 is 2.88 bits per heavy atom. The summed E-state index contributed by atoms with van der Waals surface area (Å²) in [5.74, 6) is 2.02. The summed E-state index contributed by atoms with van der Waals surface area (Å²) >= 11 is 0. The van der Waals surface area contributed by atoms with Gasteiger partial charge in [-0.05, 0) is 62.9 Å². The molecule has 1 atom stereocenters. The minimum atomic E-state index is -0.475. The van der Waals surface area contributed by atoms with E-state index in [1.54, 1.807) is 12.4 Å². The van der Waals surface area contributed by atoms with Crippen molar-refractivity contribution < 1.29 is 9.84 Å². The third kappa shape index (κ3) is 3.58. The van der Waals surface area contributed by atoms with Gasteiger partial charge in [0.2, 0.25) is 0 Å². The molecule has 1 aromatic heterocycles. The van der Waals surface area contributed by atoms with Crippen molar-refractivity contribution in [3.05, 3.63) is 47.5 Å². The average molecular weight is 341 g/mol. The molecular weight excluding hydrogens is 314 g/mol. The SMILES string of the molecule is CC1(C)Cc2cc(CN3CCC([C@H](O)c4ncc[nH]4)CC3)ccc2O1. The van der Waals surface area contributed by atoms with Crippen LogP contribution in [0.4, 0.5) is 0 Å². The molecule has 0 amide bonds. The maximum Gasteiger partial charge on any atom is 0.135 e. The van der Waals surface area contributed by atoms with Crippen LogP contribution in [0, 0.1) is 5.92 Å². The highest BCUT2D eigenvalue weighted by molar-refractivity contribution is 5.41. The number of H-pyrrole nitrogens is 1.